The minimum absolute atomic E-state index is 0.285. The van der Waals surface area contributed by atoms with E-state index in [0.717, 1.165) is 27.7 Å². The zero-order chi connectivity index (χ0) is 25.4. The fourth-order valence-electron chi connectivity index (χ4n) is 4.35. The summed E-state index contributed by atoms with van der Waals surface area (Å²) in [6, 6.07) is 25.8. The van der Waals surface area contributed by atoms with E-state index in [1.807, 2.05) is 92.8 Å². The average Bonchev–Trinajstić information content (AvgIpc) is 3.45. The summed E-state index contributed by atoms with van der Waals surface area (Å²) >= 11 is 0. The van der Waals surface area contributed by atoms with Gasteiger partial charge >= 0.3 is 0 Å². The van der Waals surface area contributed by atoms with E-state index in [1.54, 1.807) is 17.1 Å². The molecule has 0 aliphatic heterocycles. The Morgan fingerprint density at radius 3 is 2.32 bits per heavy atom. The van der Waals surface area contributed by atoms with E-state index in [4.69, 9.17) is 15.7 Å². The summed E-state index contributed by atoms with van der Waals surface area (Å²) in [7, 11) is 0. The summed E-state index contributed by atoms with van der Waals surface area (Å²) in [6.45, 7) is 4.08. The molecule has 0 saturated heterocycles. The second kappa shape index (κ2) is 8.91. The molecule has 4 heterocycles. The molecule has 0 radical (unpaired) electrons. The molecule has 0 spiro atoms. The summed E-state index contributed by atoms with van der Waals surface area (Å²) in [5.41, 5.74) is 12.0. The Morgan fingerprint density at radius 1 is 0.730 bits per heavy atom. The van der Waals surface area contributed by atoms with Crippen molar-refractivity contribution in [1.29, 1.82) is 0 Å². The quantitative estimate of drug-likeness (QED) is 0.350. The number of nitrogens with two attached hydrogens (primary N) is 1. The highest BCUT2D eigenvalue weighted by Crippen LogP contribution is 2.35. The largest absolute Gasteiger partial charge is 0.382 e. The third-order valence-corrected chi connectivity index (χ3v) is 6.45. The summed E-state index contributed by atoms with van der Waals surface area (Å²) in [5.74, 6) is 0.285. The zero-order valence-corrected chi connectivity index (χ0v) is 20.4. The Labute approximate surface area is 213 Å². The van der Waals surface area contributed by atoms with Gasteiger partial charge in [0.25, 0.3) is 0 Å². The minimum Gasteiger partial charge on any atom is -0.382 e. The first-order valence-corrected chi connectivity index (χ1v) is 11.9. The molecule has 0 fully saturated rings. The highest BCUT2D eigenvalue weighted by molar-refractivity contribution is 5.88. The summed E-state index contributed by atoms with van der Waals surface area (Å²) < 4.78 is 1.78. The number of pyridine rings is 2. The fraction of sp³-hybridized carbons (Fsp3) is 0.103. The van der Waals surface area contributed by atoms with Gasteiger partial charge in [0, 0.05) is 28.9 Å². The summed E-state index contributed by atoms with van der Waals surface area (Å²) in [4.78, 5) is 18.8. The van der Waals surface area contributed by atoms with Crippen molar-refractivity contribution in [3.8, 4) is 33.9 Å². The molecular weight excluding hydrogens is 460 g/mol. The third-order valence-electron chi connectivity index (χ3n) is 6.45. The molecule has 4 aromatic heterocycles. The third kappa shape index (κ3) is 4.08. The number of rotatable bonds is 5. The van der Waals surface area contributed by atoms with Crippen LogP contribution in [0.2, 0.25) is 0 Å². The number of anilines is 1. The van der Waals surface area contributed by atoms with Crippen molar-refractivity contribution in [2.24, 2.45) is 0 Å². The van der Waals surface area contributed by atoms with Crippen LogP contribution < -0.4 is 5.73 Å². The van der Waals surface area contributed by atoms with E-state index in [2.05, 4.69) is 26.3 Å². The molecule has 180 valence electrons. The zero-order valence-electron chi connectivity index (χ0n) is 20.4. The van der Waals surface area contributed by atoms with Crippen molar-refractivity contribution in [3.63, 3.8) is 0 Å². The van der Waals surface area contributed by atoms with Crippen molar-refractivity contribution in [1.82, 2.24) is 34.9 Å². The molecule has 2 aromatic carbocycles. The van der Waals surface area contributed by atoms with Crippen LogP contribution in [-0.4, -0.2) is 34.9 Å². The summed E-state index contributed by atoms with van der Waals surface area (Å²) in [6.07, 6.45) is 5.39. The van der Waals surface area contributed by atoms with Crippen molar-refractivity contribution in [2.45, 2.75) is 19.4 Å². The lowest BCUT2D eigenvalue weighted by atomic mass is 10.0. The Bertz CT molecular complexity index is 1710. The van der Waals surface area contributed by atoms with E-state index < -0.39 is 5.54 Å². The van der Waals surface area contributed by atoms with Crippen LogP contribution in [-0.2, 0) is 5.54 Å². The molecule has 0 unspecified atom stereocenters. The van der Waals surface area contributed by atoms with Crippen molar-refractivity contribution >= 4 is 16.7 Å². The molecule has 8 heteroatoms. The molecule has 0 amide bonds. The fourth-order valence-corrected chi connectivity index (χ4v) is 4.35. The van der Waals surface area contributed by atoms with Gasteiger partial charge in [0.05, 0.1) is 28.8 Å². The molecule has 37 heavy (non-hydrogen) atoms. The first-order chi connectivity index (χ1) is 18.0. The number of nitrogen functional groups attached to an aromatic ring is 1. The highest BCUT2D eigenvalue weighted by Gasteiger charge is 2.27. The molecule has 0 saturated carbocycles. The second-order valence-corrected chi connectivity index (χ2v) is 9.25. The van der Waals surface area contributed by atoms with Gasteiger partial charge in [0.15, 0.2) is 5.82 Å². The SMILES string of the molecule is CC(C)(c1ccccn1)n1cc(-c2nc(-c3ccc4ncccc4c3)c(-c3ccccc3)nc2N)nn1. The van der Waals surface area contributed by atoms with Gasteiger partial charge in [0.1, 0.15) is 16.9 Å². The average molecular weight is 485 g/mol. The molecule has 0 bridgehead atoms. The van der Waals surface area contributed by atoms with Crippen LogP contribution >= 0.6 is 0 Å². The Hall–Kier alpha value is -4.98. The van der Waals surface area contributed by atoms with Crippen molar-refractivity contribution in [3.05, 3.63) is 103 Å². The van der Waals surface area contributed by atoms with Crippen LogP contribution in [0.1, 0.15) is 19.5 Å². The van der Waals surface area contributed by atoms with Crippen LogP contribution in [0.5, 0.6) is 0 Å². The van der Waals surface area contributed by atoms with E-state index in [1.165, 1.54) is 0 Å². The first-order valence-electron chi connectivity index (χ1n) is 11.9. The molecule has 2 N–H and O–H groups in total. The van der Waals surface area contributed by atoms with Crippen molar-refractivity contribution in [2.75, 3.05) is 5.73 Å². The van der Waals surface area contributed by atoms with Gasteiger partial charge in [-0.05, 0) is 44.2 Å². The van der Waals surface area contributed by atoms with Crippen LogP contribution in [0.3, 0.4) is 0 Å². The number of hydrogen-bond donors (Lipinski definition) is 1. The Kier molecular flexibility index (Phi) is 5.41. The second-order valence-electron chi connectivity index (χ2n) is 9.25. The van der Waals surface area contributed by atoms with Crippen LogP contribution in [0.15, 0.2) is 97.5 Å². The van der Waals surface area contributed by atoms with Gasteiger partial charge in [0.2, 0.25) is 0 Å². The monoisotopic (exact) mass is 484 g/mol. The molecule has 8 nitrogen and oxygen atoms in total. The lowest BCUT2D eigenvalue weighted by molar-refractivity contribution is 0.370. The number of nitrogens with zero attached hydrogens (tertiary/aromatic N) is 7. The van der Waals surface area contributed by atoms with Crippen LogP contribution in [0.4, 0.5) is 5.82 Å². The first kappa shape index (κ1) is 22.5. The molecular formula is C29H24N8. The smallest absolute Gasteiger partial charge is 0.152 e. The lowest BCUT2D eigenvalue weighted by Gasteiger charge is -2.23. The maximum atomic E-state index is 6.48. The predicted octanol–water partition coefficient (Wildman–Crippen LogP) is 5.38. The van der Waals surface area contributed by atoms with Crippen LogP contribution in [0, 0.1) is 0 Å². The number of aromatic nitrogens is 7. The number of hydrogen-bond acceptors (Lipinski definition) is 7. The highest BCUT2D eigenvalue weighted by atomic mass is 15.4. The maximum absolute atomic E-state index is 6.48. The minimum atomic E-state index is -0.521. The molecule has 0 atom stereocenters. The standard InChI is InChI=1S/C29H24N8/c1-29(2,24-12-6-7-15-32-24)37-18-23(35-36-37)27-28(30)34-25(19-9-4-3-5-10-19)26(33-27)21-13-14-22-20(17-21)11-8-16-31-22/h3-18H,1-2H3,(H2,30,34). The molecule has 6 aromatic rings. The molecule has 0 aliphatic carbocycles. The van der Waals surface area contributed by atoms with E-state index in [9.17, 15) is 0 Å². The van der Waals surface area contributed by atoms with Gasteiger partial charge in [-0.3, -0.25) is 9.97 Å². The summed E-state index contributed by atoms with van der Waals surface area (Å²) in [5, 5.41) is 9.84. The maximum Gasteiger partial charge on any atom is 0.152 e. The Balaban J connectivity index is 1.51. The van der Waals surface area contributed by atoms with Gasteiger partial charge in [-0.15, -0.1) is 5.10 Å². The topological polar surface area (TPSA) is 108 Å². The van der Waals surface area contributed by atoms with Gasteiger partial charge in [-0.25, -0.2) is 14.6 Å². The molecule has 6 rings (SSSR count). The number of benzene rings is 2. The predicted molar refractivity (Wildman–Crippen MR) is 144 cm³/mol. The van der Waals surface area contributed by atoms with Crippen LogP contribution in [0.25, 0.3) is 44.8 Å². The van der Waals surface area contributed by atoms with Gasteiger partial charge in [-0.2, -0.15) is 0 Å². The van der Waals surface area contributed by atoms with E-state index in [-0.39, 0.29) is 5.82 Å². The lowest BCUT2D eigenvalue weighted by Crippen LogP contribution is -2.29. The Morgan fingerprint density at radius 2 is 1.51 bits per heavy atom. The van der Waals surface area contributed by atoms with E-state index >= 15 is 0 Å². The molecule has 0 aliphatic rings. The van der Waals surface area contributed by atoms with Crippen molar-refractivity contribution < 1.29 is 0 Å². The van der Waals surface area contributed by atoms with Gasteiger partial charge in [-0.1, -0.05) is 53.7 Å². The number of fused-ring (bicyclic) bond motifs is 1. The van der Waals surface area contributed by atoms with E-state index in [0.29, 0.717) is 22.8 Å². The normalized spacial score (nSPS) is 11.6. The van der Waals surface area contributed by atoms with Gasteiger partial charge < -0.3 is 5.73 Å².